The minimum Gasteiger partial charge on any atom is -0.368 e. The van der Waals surface area contributed by atoms with E-state index in [0.29, 0.717) is 0 Å². The van der Waals surface area contributed by atoms with Crippen molar-refractivity contribution in [3.05, 3.63) is 12.4 Å². The first-order chi connectivity index (χ1) is 7.01. The fourth-order valence-corrected chi connectivity index (χ4v) is 0.853. The second kappa shape index (κ2) is 4.78. The second-order valence-corrected chi connectivity index (χ2v) is 2.73. The number of rotatable bonds is 4. The lowest BCUT2D eigenvalue weighted by atomic mass is 10.4. The highest BCUT2D eigenvalue weighted by Crippen LogP contribution is 2.19. The molecule has 0 amide bonds. The third-order valence-corrected chi connectivity index (χ3v) is 1.50. The Hall–Kier alpha value is -1.57. The summed E-state index contributed by atoms with van der Waals surface area (Å²) in [6, 6.07) is 0. The molecule has 4 N–H and O–H groups in total. The molecule has 0 aliphatic heterocycles. The van der Waals surface area contributed by atoms with Gasteiger partial charge in [0.1, 0.15) is 5.82 Å². The summed E-state index contributed by atoms with van der Waals surface area (Å²) < 4.78 is 35.4. The summed E-state index contributed by atoms with van der Waals surface area (Å²) in [5.74, 6) is 5.59. The van der Waals surface area contributed by atoms with Crippen molar-refractivity contribution in [1.29, 1.82) is 0 Å². The number of aromatic nitrogens is 2. The van der Waals surface area contributed by atoms with Crippen molar-refractivity contribution >= 4 is 11.6 Å². The molecule has 0 atom stereocenters. The Labute approximate surface area is 83.9 Å². The molecule has 0 aromatic carbocycles. The average molecular weight is 221 g/mol. The molecule has 0 spiro atoms. The molecule has 0 unspecified atom stereocenters. The van der Waals surface area contributed by atoms with E-state index in [1.54, 1.807) is 0 Å². The zero-order valence-corrected chi connectivity index (χ0v) is 7.67. The third kappa shape index (κ3) is 4.45. The molecule has 0 aliphatic rings. The second-order valence-electron chi connectivity index (χ2n) is 2.73. The number of anilines is 2. The molecule has 84 valence electrons. The van der Waals surface area contributed by atoms with Crippen LogP contribution in [0.4, 0.5) is 24.8 Å². The quantitative estimate of drug-likeness (QED) is 0.524. The Morgan fingerprint density at radius 2 is 1.93 bits per heavy atom. The molecule has 1 aromatic rings. The van der Waals surface area contributed by atoms with E-state index >= 15 is 0 Å². The highest BCUT2D eigenvalue weighted by Gasteiger charge is 2.26. The number of nitrogens with one attached hydrogen (secondary N) is 2. The van der Waals surface area contributed by atoms with E-state index in [9.17, 15) is 13.2 Å². The van der Waals surface area contributed by atoms with Crippen molar-refractivity contribution in [3.63, 3.8) is 0 Å². The first-order valence-corrected chi connectivity index (χ1v) is 4.10. The molecular weight excluding hydrogens is 211 g/mol. The standard InChI is InChI=1S/C7H10F3N5/c8-7(9,10)1-2-13-5-3-12-4-6(14-5)15-11/h3-4H,1-2,11H2,(H2,13,14,15). The molecule has 0 radical (unpaired) electrons. The summed E-state index contributed by atoms with van der Waals surface area (Å²) in [6.07, 6.45) is -2.43. The van der Waals surface area contributed by atoms with Gasteiger partial charge in [0.05, 0.1) is 18.8 Å². The Morgan fingerprint density at radius 3 is 2.53 bits per heavy atom. The van der Waals surface area contributed by atoms with E-state index in [1.165, 1.54) is 12.4 Å². The number of hydrogen-bond donors (Lipinski definition) is 3. The Balaban J connectivity index is 2.44. The van der Waals surface area contributed by atoms with Crippen molar-refractivity contribution in [1.82, 2.24) is 9.97 Å². The molecule has 0 aliphatic carbocycles. The minimum absolute atomic E-state index is 0.244. The van der Waals surface area contributed by atoms with Crippen LogP contribution in [0.2, 0.25) is 0 Å². The van der Waals surface area contributed by atoms with Gasteiger partial charge in [-0.05, 0) is 0 Å². The van der Waals surface area contributed by atoms with Gasteiger partial charge in [-0.15, -0.1) is 0 Å². The number of nitrogens with zero attached hydrogens (tertiary/aromatic N) is 2. The van der Waals surface area contributed by atoms with Crippen LogP contribution >= 0.6 is 0 Å². The van der Waals surface area contributed by atoms with E-state index < -0.39 is 12.6 Å². The van der Waals surface area contributed by atoms with Crippen molar-refractivity contribution in [2.24, 2.45) is 5.84 Å². The SMILES string of the molecule is NNc1cncc(NCCC(F)(F)F)n1. The maximum atomic E-state index is 11.8. The van der Waals surface area contributed by atoms with Crippen LogP contribution in [-0.2, 0) is 0 Å². The molecule has 0 saturated carbocycles. The first-order valence-electron chi connectivity index (χ1n) is 4.10. The number of halogens is 3. The maximum Gasteiger partial charge on any atom is 0.390 e. The van der Waals surface area contributed by atoms with E-state index in [2.05, 4.69) is 20.7 Å². The highest BCUT2D eigenvalue weighted by molar-refractivity contribution is 5.40. The van der Waals surface area contributed by atoms with Crippen LogP contribution in [0.3, 0.4) is 0 Å². The summed E-state index contributed by atoms with van der Waals surface area (Å²) in [4.78, 5) is 7.56. The molecule has 15 heavy (non-hydrogen) atoms. The van der Waals surface area contributed by atoms with Gasteiger partial charge in [-0.2, -0.15) is 13.2 Å². The van der Waals surface area contributed by atoms with Crippen molar-refractivity contribution in [3.8, 4) is 0 Å². The Bertz CT molecular complexity index is 314. The van der Waals surface area contributed by atoms with Gasteiger partial charge >= 0.3 is 6.18 Å². The highest BCUT2D eigenvalue weighted by atomic mass is 19.4. The van der Waals surface area contributed by atoms with Crippen LogP contribution in [0.5, 0.6) is 0 Å². The van der Waals surface area contributed by atoms with Crippen LogP contribution in [-0.4, -0.2) is 22.7 Å². The lowest BCUT2D eigenvalue weighted by Gasteiger charge is -2.08. The molecule has 5 nitrogen and oxygen atoms in total. The van der Waals surface area contributed by atoms with Gasteiger partial charge in [0.15, 0.2) is 5.82 Å². The van der Waals surface area contributed by atoms with Gasteiger partial charge in [0.25, 0.3) is 0 Å². The largest absolute Gasteiger partial charge is 0.390 e. The number of nitrogen functional groups attached to an aromatic ring is 1. The van der Waals surface area contributed by atoms with Gasteiger partial charge in [0, 0.05) is 6.54 Å². The Morgan fingerprint density at radius 1 is 1.27 bits per heavy atom. The third-order valence-electron chi connectivity index (χ3n) is 1.50. The predicted octanol–water partition coefficient (Wildman–Crippen LogP) is 1.13. The lowest BCUT2D eigenvalue weighted by Crippen LogP contribution is -2.16. The van der Waals surface area contributed by atoms with E-state index in [0.717, 1.165) is 0 Å². The summed E-state index contributed by atoms with van der Waals surface area (Å²) in [5, 5.41) is 2.49. The van der Waals surface area contributed by atoms with Crippen molar-refractivity contribution in [2.75, 3.05) is 17.3 Å². The predicted molar refractivity (Wildman–Crippen MR) is 49.0 cm³/mol. The van der Waals surface area contributed by atoms with Gasteiger partial charge in [-0.1, -0.05) is 0 Å². The zero-order valence-electron chi connectivity index (χ0n) is 7.67. The monoisotopic (exact) mass is 221 g/mol. The van der Waals surface area contributed by atoms with Crippen molar-refractivity contribution in [2.45, 2.75) is 12.6 Å². The van der Waals surface area contributed by atoms with Gasteiger partial charge in [-0.3, -0.25) is 4.98 Å². The van der Waals surface area contributed by atoms with Crippen LogP contribution in [0, 0.1) is 0 Å². The van der Waals surface area contributed by atoms with Gasteiger partial charge in [0.2, 0.25) is 0 Å². The molecule has 0 fully saturated rings. The summed E-state index contributed by atoms with van der Waals surface area (Å²) in [7, 11) is 0. The van der Waals surface area contributed by atoms with E-state index in [1.807, 2.05) is 0 Å². The molecule has 1 aromatic heterocycles. The number of hydrazine groups is 1. The maximum absolute atomic E-state index is 11.8. The summed E-state index contributed by atoms with van der Waals surface area (Å²) in [5.41, 5.74) is 2.24. The molecule has 1 rings (SSSR count). The molecule has 8 heteroatoms. The van der Waals surface area contributed by atoms with E-state index in [-0.39, 0.29) is 18.2 Å². The summed E-state index contributed by atoms with van der Waals surface area (Å²) in [6.45, 7) is -0.244. The molecule has 1 heterocycles. The van der Waals surface area contributed by atoms with Crippen LogP contribution < -0.4 is 16.6 Å². The lowest BCUT2D eigenvalue weighted by molar-refractivity contribution is -0.131. The Kier molecular flexibility index (Phi) is 3.67. The topological polar surface area (TPSA) is 75.9 Å². The van der Waals surface area contributed by atoms with Crippen molar-refractivity contribution < 1.29 is 13.2 Å². The number of nitrogens with two attached hydrogens (primary N) is 1. The molecule has 0 saturated heterocycles. The van der Waals surface area contributed by atoms with Crippen LogP contribution in [0.15, 0.2) is 12.4 Å². The van der Waals surface area contributed by atoms with Gasteiger partial charge < -0.3 is 10.7 Å². The van der Waals surface area contributed by atoms with Crippen LogP contribution in [0.25, 0.3) is 0 Å². The zero-order chi connectivity index (χ0) is 11.3. The fourth-order valence-electron chi connectivity index (χ4n) is 0.853. The minimum atomic E-state index is -4.18. The van der Waals surface area contributed by atoms with Gasteiger partial charge in [-0.25, -0.2) is 10.8 Å². The number of alkyl halides is 3. The number of hydrogen-bond acceptors (Lipinski definition) is 5. The first kappa shape index (κ1) is 11.5. The molecule has 0 bridgehead atoms. The van der Waals surface area contributed by atoms with Crippen LogP contribution in [0.1, 0.15) is 6.42 Å². The smallest absolute Gasteiger partial charge is 0.368 e. The summed E-state index contributed by atoms with van der Waals surface area (Å²) >= 11 is 0. The molecular formula is C7H10F3N5. The normalized spacial score (nSPS) is 11.2. The fraction of sp³-hybridized carbons (Fsp3) is 0.429. The van der Waals surface area contributed by atoms with E-state index in [4.69, 9.17) is 5.84 Å². The average Bonchev–Trinajstić information content (AvgIpc) is 2.16.